The van der Waals surface area contributed by atoms with Gasteiger partial charge in [-0.05, 0) is 49.6 Å². The van der Waals surface area contributed by atoms with Crippen molar-refractivity contribution in [2.75, 3.05) is 0 Å². The zero-order valence-electron chi connectivity index (χ0n) is 14.8. The first-order valence-electron chi connectivity index (χ1n) is 8.44. The molecular weight excluding hydrogens is 372 g/mol. The third-order valence-corrected chi connectivity index (χ3v) is 5.76. The molecule has 0 saturated carbocycles. The van der Waals surface area contributed by atoms with Gasteiger partial charge in [0.2, 0.25) is 15.9 Å². The molecule has 2 rings (SSSR count). The first-order valence-corrected chi connectivity index (χ1v) is 10.3. The molecule has 0 heterocycles. The molecular formula is C19H23ClN2O3S. The van der Waals surface area contributed by atoms with Crippen LogP contribution in [0.2, 0.25) is 5.02 Å². The highest BCUT2D eigenvalue weighted by Crippen LogP contribution is 2.15. The van der Waals surface area contributed by atoms with Crippen molar-refractivity contribution in [2.45, 2.75) is 43.7 Å². The van der Waals surface area contributed by atoms with Crippen molar-refractivity contribution in [1.82, 2.24) is 10.0 Å². The minimum atomic E-state index is -3.85. The van der Waals surface area contributed by atoms with E-state index in [1.807, 2.05) is 44.2 Å². The summed E-state index contributed by atoms with van der Waals surface area (Å²) in [5.41, 5.74) is 0.871. The van der Waals surface area contributed by atoms with Gasteiger partial charge in [0.05, 0.1) is 4.90 Å². The molecule has 0 spiro atoms. The van der Waals surface area contributed by atoms with E-state index in [0.29, 0.717) is 5.02 Å². The van der Waals surface area contributed by atoms with Crippen LogP contribution in [0.4, 0.5) is 0 Å². The minimum Gasteiger partial charge on any atom is -0.352 e. The minimum absolute atomic E-state index is 0.0409. The second-order valence-corrected chi connectivity index (χ2v) is 8.29. The molecule has 5 nitrogen and oxygen atoms in total. The molecule has 0 aliphatic heterocycles. The van der Waals surface area contributed by atoms with E-state index in [-0.39, 0.29) is 23.3 Å². The number of hydrogen-bond acceptors (Lipinski definition) is 3. The number of carbonyl (C=O) groups excluding carboxylic acids is 1. The molecule has 140 valence electrons. The Morgan fingerprint density at radius 3 is 2.27 bits per heavy atom. The molecule has 7 heteroatoms. The summed E-state index contributed by atoms with van der Waals surface area (Å²) in [4.78, 5) is 12.7. The van der Waals surface area contributed by atoms with Crippen LogP contribution in [0.25, 0.3) is 0 Å². The summed E-state index contributed by atoms with van der Waals surface area (Å²) in [5.74, 6) is -0.347. The molecule has 2 atom stereocenters. The lowest BCUT2D eigenvalue weighted by atomic mass is 10.1. The van der Waals surface area contributed by atoms with Crippen molar-refractivity contribution in [3.63, 3.8) is 0 Å². The molecule has 0 aliphatic carbocycles. The van der Waals surface area contributed by atoms with Gasteiger partial charge in [0.15, 0.2) is 0 Å². The fourth-order valence-electron chi connectivity index (χ4n) is 2.35. The highest BCUT2D eigenvalue weighted by molar-refractivity contribution is 7.89. The van der Waals surface area contributed by atoms with Crippen LogP contribution in [-0.4, -0.2) is 26.4 Å². The van der Waals surface area contributed by atoms with Gasteiger partial charge in [0.25, 0.3) is 0 Å². The van der Waals surface area contributed by atoms with Gasteiger partial charge in [-0.3, -0.25) is 4.79 Å². The van der Waals surface area contributed by atoms with E-state index in [2.05, 4.69) is 10.0 Å². The molecule has 2 aromatic carbocycles. The molecule has 2 aromatic rings. The summed E-state index contributed by atoms with van der Waals surface area (Å²) in [5, 5.41) is 3.29. The molecule has 0 bridgehead atoms. The fraction of sp³-hybridized carbons (Fsp3) is 0.316. The average Bonchev–Trinajstić information content (AvgIpc) is 2.62. The maximum atomic E-state index is 12.7. The largest absolute Gasteiger partial charge is 0.352 e. The molecule has 0 unspecified atom stereocenters. The molecule has 0 radical (unpaired) electrons. The smallest absolute Gasteiger partial charge is 0.241 e. The second-order valence-electron chi connectivity index (χ2n) is 6.14. The predicted octanol–water partition coefficient (Wildman–Crippen LogP) is 3.14. The van der Waals surface area contributed by atoms with Gasteiger partial charge in [0, 0.05) is 11.1 Å². The van der Waals surface area contributed by atoms with Gasteiger partial charge in [-0.2, -0.15) is 4.72 Å². The summed E-state index contributed by atoms with van der Waals surface area (Å²) in [6.45, 7) is 3.83. The van der Waals surface area contributed by atoms with Crippen molar-refractivity contribution >= 4 is 27.5 Å². The Morgan fingerprint density at radius 1 is 1.08 bits per heavy atom. The van der Waals surface area contributed by atoms with E-state index < -0.39 is 16.1 Å². The normalized spacial score (nSPS) is 13.8. The van der Waals surface area contributed by atoms with Gasteiger partial charge < -0.3 is 5.32 Å². The van der Waals surface area contributed by atoms with Crippen molar-refractivity contribution in [2.24, 2.45) is 0 Å². The summed E-state index contributed by atoms with van der Waals surface area (Å²) >= 11 is 5.82. The van der Waals surface area contributed by atoms with Crippen LogP contribution in [0.1, 0.15) is 25.8 Å². The Kier molecular flexibility index (Phi) is 7.20. The van der Waals surface area contributed by atoms with E-state index in [1.54, 1.807) is 0 Å². The second kappa shape index (κ2) is 9.16. The average molecular weight is 395 g/mol. The SMILES string of the molecule is CC[C@@H](C)NC(=O)[C@@H](Cc1ccccc1)NS(=O)(=O)c1ccc(Cl)cc1. The standard InChI is InChI=1S/C19H23ClN2O3S/c1-3-14(2)21-19(23)18(13-15-7-5-4-6-8-15)22-26(24,25)17-11-9-16(20)10-12-17/h4-12,14,18,22H,3,13H2,1-2H3,(H,21,23)/t14-,18-/m1/s1. The Bertz CT molecular complexity index is 824. The van der Waals surface area contributed by atoms with E-state index in [0.717, 1.165) is 12.0 Å². The summed E-state index contributed by atoms with van der Waals surface area (Å²) in [6.07, 6.45) is 1.02. The van der Waals surface area contributed by atoms with Crippen LogP contribution in [0.3, 0.4) is 0 Å². The van der Waals surface area contributed by atoms with Gasteiger partial charge in [0.1, 0.15) is 6.04 Å². The lowest BCUT2D eigenvalue weighted by Gasteiger charge is -2.21. The lowest BCUT2D eigenvalue weighted by molar-refractivity contribution is -0.123. The summed E-state index contributed by atoms with van der Waals surface area (Å²) in [7, 11) is -3.85. The van der Waals surface area contributed by atoms with Crippen LogP contribution in [0.5, 0.6) is 0 Å². The predicted molar refractivity (Wildman–Crippen MR) is 104 cm³/mol. The zero-order chi connectivity index (χ0) is 19.2. The third-order valence-electron chi connectivity index (χ3n) is 4.02. The van der Waals surface area contributed by atoms with Crippen molar-refractivity contribution in [3.8, 4) is 0 Å². The van der Waals surface area contributed by atoms with Gasteiger partial charge in [-0.25, -0.2) is 8.42 Å². The molecule has 1 amide bonds. The quantitative estimate of drug-likeness (QED) is 0.722. The van der Waals surface area contributed by atoms with Crippen molar-refractivity contribution < 1.29 is 13.2 Å². The highest BCUT2D eigenvalue weighted by atomic mass is 35.5. The maximum Gasteiger partial charge on any atom is 0.241 e. The first kappa shape index (κ1) is 20.4. The lowest BCUT2D eigenvalue weighted by Crippen LogP contribution is -2.50. The molecule has 26 heavy (non-hydrogen) atoms. The highest BCUT2D eigenvalue weighted by Gasteiger charge is 2.26. The number of sulfonamides is 1. The fourth-order valence-corrected chi connectivity index (χ4v) is 3.67. The van der Waals surface area contributed by atoms with E-state index in [9.17, 15) is 13.2 Å². The zero-order valence-corrected chi connectivity index (χ0v) is 16.3. The molecule has 0 aliphatic rings. The van der Waals surface area contributed by atoms with Crippen LogP contribution in [0, 0.1) is 0 Å². The summed E-state index contributed by atoms with van der Waals surface area (Å²) < 4.78 is 27.9. The van der Waals surface area contributed by atoms with Crippen LogP contribution < -0.4 is 10.0 Å². The number of rotatable bonds is 8. The number of carbonyl (C=O) groups is 1. The number of benzene rings is 2. The number of hydrogen-bond donors (Lipinski definition) is 2. The number of halogens is 1. The van der Waals surface area contributed by atoms with Crippen LogP contribution >= 0.6 is 11.6 Å². The maximum absolute atomic E-state index is 12.7. The van der Waals surface area contributed by atoms with E-state index in [1.165, 1.54) is 24.3 Å². The van der Waals surface area contributed by atoms with Crippen LogP contribution in [-0.2, 0) is 21.2 Å². The molecule has 0 saturated heterocycles. The Labute approximate surface area is 159 Å². The van der Waals surface area contributed by atoms with Gasteiger partial charge in [-0.15, -0.1) is 0 Å². The molecule has 2 N–H and O–H groups in total. The number of amides is 1. The molecule has 0 aromatic heterocycles. The molecule has 0 fully saturated rings. The Balaban J connectivity index is 2.24. The topological polar surface area (TPSA) is 75.3 Å². The first-order chi connectivity index (χ1) is 12.3. The Hall–Kier alpha value is -1.89. The van der Waals surface area contributed by atoms with E-state index >= 15 is 0 Å². The Morgan fingerprint density at radius 2 is 1.69 bits per heavy atom. The van der Waals surface area contributed by atoms with Crippen molar-refractivity contribution in [3.05, 3.63) is 65.2 Å². The van der Waals surface area contributed by atoms with Gasteiger partial charge >= 0.3 is 0 Å². The third kappa shape index (κ3) is 5.83. The van der Waals surface area contributed by atoms with Gasteiger partial charge in [-0.1, -0.05) is 48.9 Å². The monoisotopic (exact) mass is 394 g/mol. The summed E-state index contributed by atoms with van der Waals surface area (Å²) in [6, 6.07) is 14.2. The number of nitrogens with one attached hydrogen (secondary N) is 2. The van der Waals surface area contributed by atoms with Crippen molar-refractivity contribution in [1.29, 1.82) is 0 Å². The van der Waals surface area contributed by atoms with Crippen LogP contribution in [0.15, 0.2) is 59.5 Å². The van der Waals surface area contributed by atoms with E-state index in [4.69, 9.17) is 11.6 Å².